The van der Waals surface area contributed by atoms with Crippen molar-refractivity contribution in [3.8, 4) is 0 Å². The van der Waals surface area contributed by atoms with Crippen LogP contribution in [0.25, 0.3) is 0 Å². The fourth-order valence-corrected chi connectivity index (χ4v) is 10.2. The van der Waals surface area contributed by atoms with E-state index in [4.69, 9.17) is 14.2 Å². The smallest absolute Gasteiger partial charge is 0.306 e. The molecule has 0 radical (unpaired) electrons. The zero-order valence-corrected chi connectivity index (χ0v) is 51.3. The largest absolute Gasteiger partial charge is 0.462 e. The van der Waals surface area contributed by atoms with E-state index in [0.717, 1.165) is 83.5 Å². The molecule has 0 aromatic carbocycles. The van der Waals surface area contributed by atoms with Crippen molar-refractivity contribution in [3.63, 3.8) is 0 Å². The Balaban J connectivity index is 4.24. The summed E-state index contributed by atoms with van der Waals surface area (Å²) in [5.41, 5.74) is 0. The number of ether oxygens (including phenoxy) is 3. The first-order valence-corrected chi connectivity index (χ1v) is 34.0. The number of hydrogen-bond acceptors (Lipinski definition) is 6. The molecule has 0 bridgehead atoms. The summed E-state index contributed by atoms with van der Waals surface area (Å²) in [5.74, 6) is -0.860. The zero-order valence-electron chi connectivity index (χ0n) is 51.3. The molecule has 0 aromatic heterocycles. The molecule has 1 atom stereocenters. The summed E-state index contributed by atoms with van der Waals surface area (Å²) in [7, 11) is 0. The average Bonchev–Trinajstić information content (AvgIpc) is 3.42. The molecule has 1 unspecified atom stereocenters. The fourth-order valence-electron chi connectivity index (χ4n) is 10.2. The van der Waals surface area contributed by atoms with Crippen molar-refractivity contribution in [2.24, 2.45) is 0 Å². The highest BCUT2D eigenvalue weighted by Gasteiger charge is 2.19. The Bertz CT molecular complexity index is 1270. The summed E-state index contributed by atoms with van der Waals surface area (Å²) in [5, 5.41) is 0. The van der Waals surface area contributed by atoms with Crippen LogP contribution < -0.4 is 0 Å². The minimum atomic E-state index is -0.776. The lowest BCUT2D eigenvalue weighted by Gasteiger charge is -2.18. The Hall–Kier alpha value is -2.37. The van der Waals surface area contributed by atoms with Crippen molar-refractivity contribution < 1.29 is 28.6 Å². The van der Waals surface area contributed by atoms with Gasteiger partial charge in [-0.15, -0.1) is 0 Å². The lowest BCUT2D eigenvalue weighted by molar-refractivity contribution is -0.167. The molecule has 0 aliphatic rings. The second kappa shape index (κ2) is 65.2. The summed E-state index contributed by atoms with van der Waals surface area (Å²) in [6.45, 7) is 6.63. The standard InChI is InChI=1S/C70H130O6/c1-4-7-10-13-16-19-22-25-27-29-31-33-34-35-36-37-39-40-42-45-48-51-54-57-60-63-69(72)75-66-67(65-74-68(71)62-59-56-53-50-47-44-24-21-18-15-12-9-6-3)76-70(73)64-61-58-55-52-49-46-43-41-38-32-30-28-26-23-20-17-14-11-8-5-2/h12,15,21,24,29,31,67H,4-11,13-14,16-20,22-23,25-28,30,32-66H2,1-3H3/b15-12-,24-21-,31-29-. The molecule has 0 heterocycles. The highest BCUT2D eigenvalue weighted by molar-refractivity contribution is 5.71. The average molecular weight is 1070 g/mol. The van der Waals surface area contributed by atoms with Gasteiger partial charge in [0.2, 0.25) is 0 Å². The van der Waals surface area contributed by atoms with Crippen LogP contribution in [-0.4, -0.2) is 37.2 Å². The zero-order chi connectivity index (χ0) is 55.0. The number of esters is 3. The molecule has 76 heavy (non-hydrogen) atoms. The van der Waals surface area contributed by atoms with Crippen LogP contribution in [0.4, 0.5) is 0 Å². The molecule has 0 spiro atoms. The van der Waals surface area contributed by atoms with E-state index in [1.165, 1.54) is 250 Å². The second-order valence-corrected chi connectivity index (χ2v) is 23.1. The van der Waals surface area contributed by atoms with Crippen molar-refractivity contribution >= 4 is 17.9 Å². The molecule has 0 saturated heterocycles. The van der Waals surface area contributed by atoms with Gasteiger partial charge in [0, 0.05) is 19.3 Å². The number of allylic oxidation sites excluding steroid dienone is 6. The summed E-state index contributed by atoms with van der Waals surface area (Å²) >= 11 is 0. The summed E-state index contributed by atoms with van der Waals surface area (Å²) < 4.78 is 17.0. The van der Waals surface area contributed by atoms with Crippen LogP contribution in [0, 0.1) is 0 Å². The van der Waals surface area contributed by atoms with E-state index in [9.17, 15) is 14.4 Å². The molecule has 0 aromatic rings. The van der Waals surface area contributed by atoms with Gasteiger partial charge in [-0.1, -0.05) is 320 Å². The van der Waals surface area contributed by atoms with Crippen LogP contribution >= 0.6 is 0 Å². The number of carbonyl (C=O) groups excluding carboxylic acids is 3. The van der Waals surface area contributed by atoms with E-state index in [1.807, 2.05) is 0 Å². The Kier molecular flexibility index (Phi) is 63.1. The monoisotopic (exact) mass is 1070 g/mol. The maximum absolute atomic E-state index is 12.9. The van der Waals surface area contributed by atoms with Gasteiger partial charge in [-0.2, -0.15) is 0 Å². The number of unbranched alkanes of at least 4 members (excludes halogenated alkanes) is 46. The van der Waals surface area contributed by atoms with Gasteiger partial charge < -0.3 is 14.2 Å². The van der Waals surface area contributed by atoms with Gasteiger partial charge in [0.15, 0.2) is 6.10 Å². The van der Waals surface area contributed by atoms with Crippen LogP contribution in [0.15, 0.2) is 36.5 Å². The number of carbonyl (C=O) groups is 3. The van der Waals surface area contributed by atoms with Gasteiger partial charge >= 0.3 is 17.9 Å². The predicted octanol–water partition coefficient (Wildman–Crippen LogP) is 23.2. The van der Waals surface area contributed by atoms with Gasteiger partial charge in [0.1, 0.15) is 13.2 Å². The Morgan fingerprint density at radius 2 is 0.500 bits per heavy atom. The highest BCUT2D eigenvalue weighted by atomic mass is 16.6. The van der Waals surface area contributed by atoms with Crippen LogP contribution in [0.1, 0.15) is 374 Å². The first-order chi connectivity index (χ1) is 37.5. The summed E-state index contributed by atoms with van der Waals surface area (Å²) in [6.07, 6.45) is 80.3. The topological polar surface area (TPSA) is 78.9 Å². The lowest BCUT2D eigenvalue weighted by atomic mass is 10.0. The van der Waals surface area contributed by atoms with Crippen molar-refractivity contribution in [1.29, 1.82) is 0 Å². The third kappa shape index (κ3) is 62.5. The van der Waals surface area contributed by atoms with Gasteiger partial charge in [-0.05, 0) is 70.6 Å². The van der Waals surface area contributed by atoms with Crippen molar-refractivity contribution in [1.82, 2.24) is 0 Å². The third-order valence-corrected chi connectivity index (χ3v) is 15.3. The summed E-state index contributed by atoms with van der Waals surface area (Å²) in [4.78, 5) is 38.3. The molecule has 0 amide bonds. The van der Waals surface area contributed by atoms with E-state index in [-0.39, 0.29) is 31.1 Å². The maximum atomic E-state index is 12.9. The second-order valence-electron chi connectivity index (χ2n) is 23.1. The minimum Gasteiger partial charge on any atom is -0.462 e. The van der Waals surface area contributed by atoms with E-state index in [0.29, 0.717) is 19.3 Å². The summed E-state index contributed by atoms with van der Waals surface area (Å²) in [6, 6.07) is 0. The quantitative estimate of drug-likeness (QED) is 0.0261. The van der Waals surface area contributed by atoms with Gasteiger partial charge in [0.25, 0.3) is 0 Å². The molecular weight excluding hydrogens is 937 g/mol. The van der Waals surface area contributed by atoms with Crippen LogP contribution in [0.2, 0.25) is 0 Å². The number of hydrogen-bond donors (Lipinski definition) is 0. The van der Waals surface area contributed by atoms with E-state index in [1.54, 1.807) is 0 Å². The molecule has 446 valence electrons. The fraction of sp³-hybridized carbons (Fsp3) is 0.871. The van der Waals surface area contributed by atoms with Crippen molar-refractivity contribution in [2.75, 3.05) is 13.2 Å². The molecule has 6 nitrogen and oxygen atoms in total. The van der Waals surface area contributed by atoms with Crippen LogP contribution in [0.5, 0.6) is 0 Å². The molecule has 0 aliphatic heterocycles. The Morgan fingerprint density at radius 3 is 0.789 bits per heavy atom. The van der Waals surface area contributed by atoms with Crippen LogP contribution in [0.3, 0.4) is 0 Å². The predicted molar refractivity (Wildman–Crippen MR) is 330 cm³/mol. The molecule has 0 saturated carbocycles. The Morgan fingerprint density at radius 1 is 0.263 bits per heavy atom. The normalized spacial score (nSPS) is 12.2. The first kappa shape index (κ1) is 73.6. The molecular formula is C70H130O6. The number of rotatable bonds is 63. The molecule has 0 fully saturated rings. The lowest BCUT2D eigenvalue weighted by Crippen LogP contribution is -2.30. The van der Waals surface area contributed by atoms with Crippen LogP contribution in [-0.2, 0) is 28.6 Å². The molecule has 6 heteroatoms. The molecule has 0 aliphatic carbocycles. The van der Waals surface area contributed by atoms with Crippen molar-refractivity contribution in [2.45, 2.75) is 380 Å². The van der Waals surface area contributed by atoms with Gasteiger partial charge in [0.05, 0.1) is 0 Å². The van der Waals surface area contributed by atoms with E-state index >= 15 is 0 Å². The third-order valence-electron chi connectivity index (χ3n) is 15.3. The molecule has 0 N–H and O–H groups in total. The first-order valence-electron chi connectivity index (χ1n) is 34.0. The highest BCUT2D eigenvalue weighted by Crippen LogP contribution is 2.18. The SMILES string of the molecule is CCC/C=C\C/C=C\CCCCCCCC(=O)OCC(COC(=O)CCCCCCCCCCCCCCC/C=C\CCCCCCCCCC)OC(=O)CCCCCCCCCCCCCCCCCCCCCC. The Labute approximate surface area is 474 Å². The minimum absolute atomic E-state index is 0.0721. The van der Waals surface area contributed by atoms with Crippen molar-refractivity contribution in [3.05, 3.63) is 36.5 Å². The molecule has 0 rings (SSSR count). The van der Waals surface area contributed by atoms with Gasteiger partial charge in [-0.3, -0.25) is 14.4 Å². The van der Waals surface area contributed by atoms with Gasteiger partial charge in [-0.25, -0.2) is 0 Å². The maximum Gasteiger partial charge on any atom is 0.306 e. The van der Waals surface area contributed by atoms with E-state index < -0.39 is 6.10 Å². The van der Waals surface area contributed by atoms with E-state index in [2.05, 4.69) is 57.2 Å².